The second-order valence-corrected chi connectivity index (χ2v) is 8.16. The van der Waals surface area contributed by atoms with Gasteiger partial charge in [0, 0.05) is 24.2 Å². The topological polar surface area (TPSA) is 76.8 Å². The van der Waals surface area contributed by atoms with Crippen molar-refractivity contribution in [2.24, 2.45) is 5.92 Å². The highest BCUT2D eigenvalue weighted by Gasteiger charge is 2.44. The summed E-state index contributed by atoms with van der Waals surface area (Å²) in [6.07, 6.45) is 7.22. The summed E-state index contributed by atoms with van der Waals surface area (Å²) in [6, 6.07) is 13.4. The van der Waals surface area contributed by atoms with E-state index in [1.165, 1.54) is 0 Å². The number of imidazole rings is 1. The number of amides is 1. The largest absolute Gasteiger partial charge is 0.445 e. The van der Waals surface area contributed by atoms with Crippen LogP contribution >= 0.6 is 0 Å². The second kappa shape index (κ2) is 7.89. The molecule has 30 heavy (non-hydrogen) atoms. The number of fused-ring (bicyclic) bond motifs is 3. The van der Waals surface area contributed by atoms with Gasteiger partial charge in [-0.3, -0.25) is 4.79 Å². The Morgan fingerprint density at radius 2 is 1.80 bits per heavy atom. The molecular weight excluding hydrogens is 380 g/mol. The Morgan fingerprint density at radius 3 is 2.57 bits per heavy atom. The van der Waals surface area contributed by atoms with E-state index < -0.39 is 0 Å². The Labute approximate surface area is 174 Å². The van der Waals surface area contributed by atoms with E-state index in [0.29, 0.717) is 24.2 Å². The fourth-order valence-corrected chi connectivity index (χ4v) is 4.89. The Bertz CT molecular complexity index is 1050. The predicted molar refractivity (Wildman–Crippen MR) is 110 cm³/mol. The highest BCUT2D eigenvalue weighted by molar-refractivity contribution is 5.97. The Balaban J connectivity index is 1.30. The smallest absolute Gasteiger partial charge is 0.410 e. The molecule has 2 atom stereocenters. The number of carbonyl (C=O) groups is 2. The first-order chi connectivity index (χ1) is 14.7. The van der Waals surface area contributed by atoms with Crippen molar-refractivity contribution in [1.82, 2.24) is 19.5 Å². The molecule has 5 rings (SSSR count). The Kier molecular flexibility index (Phi) is 4.94. The van der Waals surface area contributed by atoms with Crippen LogP contribution in [0.1, 0.15) is 48.2 Å². The number of rotatable bonds is 4. The average Bonchev–Trinajstić information content (AvgIpc) is 3.21. The highest BCUT2D eigenvalue weighted by atomic mass is 16.6. The highest BCUT2D eigenvalue weighted by Crippen LogP contribution is 2.38. The van der Waals surface area contributed by atoms with Crippen LogP contribution in [0.3, 0.4) is 0 Å². The summed E-state index contributed by atoms with van der Waals surface area (Å²) in [5, 5.41) is 4.27. The second-order valence-electron chi connectivity index (χ2n) is 8.16. The molecule has 0 radical (unpaired) electrons. The van der Waals surface area contributed by atoms with Gasteiger partial charge in [-0.15, -0.1) is 0 Å². The summed E-state index contributed by atoms with van der Waals surface area (Å²) in [6.45, 7) is 0.269. The number of ketones is 1. The van der Waals surface area contributed by atoms with E-state index in [0.717, 1.165) is 24.8 Å². The number of Topliss-reactive ketones (excluding diaryl/α,β-unsaturated/α-hetero) is 1. The minimum Gasteiger partial charge on any atom is -0.445 e. The third-order valence-corrected chi connectivity index (χ3v) is 6.29. The SMILES string of the molecule is O=C(c1cnc2cccnn12)C1CC2CCCC(C1)N2C(=O)OCc1ccccc1. The summed E-state index contributed by atoms with van der Waals surface area (Å²) >= 11 is 0. The molecule has 2 saturated heterocycles. The molecule has 3 aromatic rings. The van der Waals surface area contributed by atoms with Crippen molar-refractivity contribution in [2.75, 3.05) is 0 Å². The van der Waals surface area contributed by atoms with Gasteiger partial charge in [0.2, 0.25) is 0 Å². The third-order valence-electron chi connectivity index (χ3n) is 6.29. The number of piperidine rings is 2. The molecule has 4 heterocycles. The monoisotopic (exact) mass is 404 g/mol. The molecule has 1 aromatic carbocycles. The number of nitrogens with zero attached hydrogens (tertiary/aromatic N) is 4. The van der Waals surface area contributed by atoms with Crippen LogP contribution in [0.2, 0.25) is 0 Å². The van der Waals surface area contributed by atoms with Crippen molar-refractivity contribution in [2.45, 2.75) is 50.8 Å². The minimum atomic E-state index is -0.268. The fraction of sp³-hybridized carbons (Fsp3) is 0.391. The van der Waals surface area contributed by atoms with Gasteiger partial charge in [0.25, 0.3) is 0 Å². The standard InChI is InChI=1S/C23H24N4O3/c28-22(20-14-24-21-10-5-11-25-27(20)21)17-12-18-8-4-9-19(13-17)26(18)23(29)30-15-16-6-2-1-3-7-16/h1-3,5-7,10-11,14,17-19H,4,8-9,12-13,15H2. The van der Waals surface area contributed by atoms with Gasteiger partial charge in [-0.1, -0.05) is 30.3 Å². The van der Waals surface area contributed by atoms with E-state index in [2.05, 4.69) is 10.1 Å². The van der Waals surface area contributed by atoms with Gasteiger partial charge in [0.1, 0.15) is 12.3 Å². The first kappa shape index (κ1) is 18.8. The van der Waals surface area contributed by atoms with Crippen molar-refractivity contribution < 1.29 is 14.3 Å². The number of hydrogen-bond acceptors (Lipinski definition) is 5. The van der Waals surface area contributed by atoms with E-state index in [9.17, 15) is 9.59 Å². The normalized spacial score (nSPS) is 23.3. The van der Waals surface area contributed by atoms with E-state index in [1.807, 2.05) is 41.3 Å². The lowest BCUT2D eigenvalue weighted by atomic mass is 9.76. The van der Waals surface area contributed by atoms with Crippen LogP contribution in [0.5, 0.6) is 0 Å². The zero-order chi connectivity index (χ0) is 20.5. The number of carbonyl (C=O) groups excluding carboxylic acids is 2. The van der Waals surface area contributed by atoms with Crippen molar-refractivity contribution in [3.8, 4) is 0 Å². The molecule has 0 saturated carbocycles. The van der Waals surface area contributed by atoms with Gasteiger partial charge in [0.15, 0.2) is 11.4 Å². The lowest BCUT2D eigenvalue weighted by Crippen LogP contribution is -2.55. The van der Waals surface area contributed by atoms with Gasteiger partial charge in [0.05, 0.1) is 6.20 Å². The van der Waals surface area contributed by atoms with Gasteiger partial charge in [-0.2, -0.15) is 5.10 Å². The van der Waals surface area contributed by atoms with E-state index in [4.69, 9.17) is 4.74 Å². The summed E-state index contributed by atoms with van der Waals surface area (Å²) in [5.74, 6) is -0.0595. The fourth-order valence-electron chi connectivity index (χ4n) is 4.89. The van der Waals surface area contributed by atoms with Crippen LogP contribution in [0.15, 0.2) is 54.9 Å². The molecule has 7 nitrogen and oxygen atoms in total. The van der Waals surface area contributed by atoms with Crippen LogP contribution in [0.25, 0.3) is 5.65 Å². The lowest BCUT2D eigenvalue weighted by Gasteiger charge is -2.47. The maximum absolute atomic E-state index is 13.3. The lowest BCUT2D eigenvalue weighted by molar-refractivity contribution is 0.00459. The average molecular weight is 404 g/mol. The van der Waals surface area contributed by atoms with Crippen molar-refractivity contribution in [3.63, 3.8) is 0 Å². The molecule has 2 aliphatic rings. The molecule has 154 valence electrons. The van der Waals surface area contributed by atoms with Crippen molar-refractivity contribution in [1.29, 1.82) is 0 Å². The summed E-state index contributed by atoms with van der Waals surface area (Å²) in [5.41, 5.74) is 2.16. The van der Waals surface area contributed by atoms with Crippen molar-refractivity contribution in [3.05, 3.63) is 66.1 Å². The van der Waals surface area contributed by atoms with Crippen LogP contribution in [0, 0.1) is 5.92 Å². The molecule has 0 N–H and O–H groups in total. The van der Waals surface area contributed by atoms with Gasteiger partial charge >= 0.3 is 6.09 Å². The zero-order valence-corrected chi connectivity index (χ0v) is 16.7. The number of ether oxygens (including phenoxy) is 1. The van der Waals surface area contributed by atoms with Crippen LogP contribution in [0.4, 0.5) is 4.79 Å². The molecule has 2 aliphatic heterocycles. The zero-order valence-electron chi connectivity index (χ0n) is 16.7. The molecule has 0 aliphatic carbocycles. The number of aromatic nitrogens is 3. The predicted octanol–water partition coefficient (Wildman–Crippen LogP) is 3.88. The summed E-state index contributed by atoms with van der Waals surface area (Å²) in [7, 11) is 0. The van der Waals surface area contributed by atoms with Crippen molar-refractivity contribution >= 4 is 17.5 Å². The first-order valence-electron chi connectivity index (χ1n) is 10.5. The molecule has 0 spiro atoms. The quantitative estimate of drug-likeness (QED) is 0.617. The van der Waals surface area contributed by atoms with E-state index in [1.54, 1.807) is 23.0 Å². The summed E-state index contributed by atoms with van der Waals surface area (Å²) < 4.78 is 7.22. The van der Waals surface area contributed by atoms with E-state index in [-0.39, 0.29) is 36.5 Å². The van der Waals surface area contributed by atoms with Crippen LogP contribution in [-0.2, 0) is 11.3 Å². The van der Waals surface area contributed by atoms with Gasteiger partial charge in [-0.05, 0) is 49.8 Å². The molecule has 2 aromatic heterocycles. The minimum absolute atomic E-state index is 0.0434. The van der Waals surface area contributed by atoms with Gasteiger partial charge < -0.3 is 9.64 Å². The molecule has 2 bridgehead atoms. The maximum atomic E-state index is 13.3. The molecule has 1 amide bonds. The third kappa shape index (κ3) is 3.44. The van der Waals surface area contributed by atoms with E-state index >= 15 is 0 Å². The number of benzene rings is 1. The molecular formula is C23H24N4O3. The Morgan fingerprint density at radius 1 is 1.03 bits per heavy atom. The number of hydrogen-bond donors (Lipinski definition) is 0. The molecule has 7 heteroatoms. The summed E-state index contributed by atoms with van der Waals surface area (Å²) in [4.78, 5) is 32.3. The maximum Gasteiger partial charge on any atom is 0.410 e. The van der Waals surface area contributed by atoms with Gasteiger partial charge in [-0.25, -0.2) is 14.3 Å². The van der Waals surface area contributed by atoms with Crippen LogP contribution in [-0.4, -0.2) is 43.5 Å². The molecule has 2 fully saturated rings. The molecule has 2 unspecified atom stereocenters. The first-order valence-corrected chi connectivity index (χ1v) is 10.5. The Hall–Kier alpha value is -3.22. The van der Waals surface area contributed by atoms with Crippen LogP contribution < -0.4 is 0 Å².